The molecule has 4 fully saturated rings. The Morgan fingerprint density at radius 2 is 1.58 bits per heavy atom. The Balaban J connectivity index is 1.40. The first-order valence-corrected chi connectivity index (χ1v) is 11.5. The molecule has 2 atom stereocenters. The Labute approximate surface area is 184 Å². The van der Waals surface area contributed by atoms with Crippen LogP contribution in [0, 0.1) is 17.3 Å². The van der Waals surface area contributed by atoms with Crippen LogP contribution in [0.2, 0.25) is 0 Å². The minimum absolute atomic E-state index is 0.0287. The fourth-order valence-electron chi connectivity index (χ4n) is 6.78. The summed E-state index contributed by atoms with van der Waals surface area (Å²) in [7, 11) is 0. The number of nitrogens with zero attached hydrogens (tertiary/aromatic N) is 1. The summed E-state index contributed by atoms with van der Waals surface area (Å²) in [6.07, 6.45) is 5.40. The topological polar surface area (TPSA) is 90.5 Å². The lowest BCUT2D eigenvalue weighted by Crippen LogP contribution is -2.66. The molecule has 7 nitrogen and oxygen atoms in total. The van der Waals surface area contributed by atoms with Crippen LogP contribution in [-0.4, -0.2) is 36.3 Å². The first-order chi connectivity index (χ1) is 14.8. The maximum atomic E-state index is 13.2. The van der Waals surface area contributed by atoms with Crippen LogP contribution in [0.1, 0.15) is 69.7 Å². The minimum Gasteiger partial charge on any atom is -0.372 e. The number of anilines is 1. The molecular weight excluding hydrogens is 392 g/mol. The molecule has 4 saturated carbocycles. The molecule has 1 aromatic carbocycles. The van der Waals surface area contributed by atoms with E-state index in [2.05, 4.69) is 34.9 Å². The van der Waals surface area contributed by atoms with Crippen molar-refractivity contribution in [1.82, 2.24) is 16.2 Å². The number of hydrazine groups is 1. The van der Waals surface area contributed by atoms with Crippen LogP contribution in [0.15, 0.2) is 24.3 Å². The second-order valence-electron chi connectivity index (χ2n) is 9.83. The zero-order valence-electron chi connectivity index (χ0n) is 18.8. The summed E-state index contributed by atoms with van der Waals surface area (Å²) in [5, 5.41) is 3.17. The van der Waals surface area contributed by atoms with Crippen LogP contribution in [0.3, 0.4) is 0 Å². The fourth-order valence-corrected chi connectivity index (χ4v) is 6.78. The van der Waals surface area contributed by atoms with Gasteiger partial charge in [0.2, 0.25) is 11.8 Å². The summed E-state index contributed by atoms with van der Waals surface area (Å²) in [6, 6.07) is 7.43. The smallest absolute Gasteiger partial charge is 0.269 e. The van der Waals surface area contributed by atoms with Crippen LogP contribution < -0.4 is 21.1 Å². The van der Waals surface area contributed by atoms with Gasteiger partial charge in [-0.1, -0.05) is 0 Å². The predicted molar refractivity (Wildman–Crippen MR) is 119 cm³/mol. The first kappa shape index (κ1) is 21.7. The first-order valence-electron chi connectivity index (χ1n) is 11.5. The number of amides is 3. The molecule has 0 radical (unpaired) electrons. The van der Waals surface area contributed by atoms with Gasteiger partial charge in [0.05, 0.1) is 5.41 Å². The Morgan fingerprint density at radius 3 is 2.13 bits per heavy atom. The maximum absolute atomic E-state index is 13.2. The zero-order chi connectivity index (χ0) is 22.2. The van der Waals surface area contributed by atoms with Crippen molar-refractivity contribution in [1.29, 1.82) is 0 Å². The normalized spacial score (nSPS) is 30.5. The molecule has 3 amide bonds. The Kier molecular flexibility index (Phi) is 5.71. The molecule has 3 N–H and O–H groups in total. The SMILES string of the molecule is CCN(CC)c1ccc(C(=O)NNC(=O)C23C[C@H]4C[C@@H](CC(NC(C)=O)(C4)C2)C3)cc1. The highest BCUT2D eigenvalue weighted by atomic mass is 16.2. The van der Waals surface area contributed by atoms with Crippen LogP contribution >= 0.6 is 0 Å². The lowest BCUT2D eigenvalue weighted by Gasteiger charge is -2.61. The van der Waals surface area contributed by atoms with Crippen molar-refractivity contribution >= 4 is 23.4 Å². The van der Waals surface area contributed by atoms with E-state index in [0.29, 0.717) is 23.8 Å². The van der Waals surface area contributed by atoms with Crippen molar-refractivity contribution in [3.05, 3.63) is 29.8 Å². The molecule has 0 aliphatic heterocycles. The number of carbonyl (C=O) groups is 3. The molecule has 4 aliphatic rings. The predicted octanol–water partition coefficient (Wildman–Crippen LogP) is 2.77. The second-order valence-corrected chi connectivity index (χ2v) is 9.83. The number of hydrogen-bond acceptors (Lipinski definition) is 4. The molecule has 7 heteroatoms. The molecular formula is C24H34N4O3. The van der Waals surface area contributed by atoms with Crippen LogP contribution in [-0.2, 0) is 9.59 Å². The average molecular weight is 427 g/mol. The average Bonchev–Trinajstić information content (AvgIpc) is 2.71. The van der Waals surface area contributed by atoms with Gasteiger partial charge >= 0.3 is 0 Å². The van der Waals surface area contributed by atoms with Gasteiger partial charge in [-0.25, -0.2) is 0 Å². The third-order valence-corrected chi connectivity index (χ3v) is 7.53. The van der Waals surface area contributed by atoms with Crippen LogP contribution in [0.5, 0.6) is 0 Å². The van der Waals surface area contributed by atoms with E-state index in [1.54, 1.807) is 19.1 Å². The van der Waals surface area contributed by atoms with Gasteiger partial charge in [-0.15, -0.1) is 0 Å². The van der Waals surface area contributed by atoms with E-state index in [1.807, 2.05) is 12.1 Å². The summed E-state index contributed by atoms with van der Waals surface area (Å²) in [4.78, 5) is 39.9. The van der Waals surface area contributed by atoms with Crippen molar-refractivity contribution in [2.45, 2.75) is 64.8 Å². The quantitative estimate of drug-likeness (QED) is 0.610. The van der Waals surface area contributed by atoms with Gasteiger partial charge in [0, 0.05) is 36.8 Å². The molecule has 0 spiro atoms. The molecule has 0 unspecified atom stereocenters. The number of rotatable bonds is 6. The Bertz CT molecular complexity index is 848. The molecule has 1 aromatic rings. The van der Waals surface area contributed by atoms with E-state index in [9.17, 15) is 14.4 Å². The molecule has 0 heterocycles. The van der Waals surface area contributed by atoms with E-state index in [-0.39, 0.29) is 23.3 Å². The minimum atomic E-state index is -0.508. The lowest BCUT2D eigenvalue weighted by molar-refractivity contribution is -0.153. The van der Waals surface area contributed by atoms with E-state index in [0.717, 1.165) is 50.9 Å². The Morgan fingerprint density at radius 1 is 0.968 bits per heavy atom. The van der Waals surface area contributed by atoms with E-state index in [1.165, 1.54) is 0 Å². The van der Waals surface area contributed by atoms with Gasteiger partial charge in [0.15, 0.2) is 0 Å². The highest BCUT2D eigenvalue weighted by Crippen LogP contribution is 2.61. The molecule has 4 aliphatic carbocycles. The summed E-state index contributed by atoms with van der Waals surface area (Å²) in [6.45, 7) is 7.56. The molecule has 0 aromatic heterocycles. The molecule has 31 heavy (non-hydrogen) atoms. The molecule has 4 bridgehead atoms. The van der Waals surface area contributed by atoms with Gasteiger partial charge in [-0.05, 0) is 88.5 Å². The van der Waals surface area contributed by atoms with Gasteiger partial charge < -0.3 is 10.2 Å². The highest BCUT2D eigenvalue weighted by Gasteiger charge is 2.60. The van der Waals surface area contributed by atoms with E-state index in [4.69, 9.17) is 0 Å². The third-order valence-electron chi connectivity index (χ3n) is 7.53. The zero-order valence-corrected chi connectivity index (χ0v) is 18.8. The molecule has 0 saturated heterocycles. The second kappa shape index (κ2) is 8.17. The summed E-state index contributed by atoms with van der Waals surface area (Å²) in [5.41, 5.74) is 6.13. The number of nitrogens with one attached hydrogen (secondary N) is 3. The van der Waals surface area contributed by atoms with Crippen molar-refractivity contribution in [3.8, 4) is 0 Å². The van der Waals surface area contributed by atoms with Crippen molar-refractivity contribution in [3.63, 3.8) is 0 Å². The lowest BCUT2D eigenvalue weighted by atomic mass is 9.46. The maximum Gasteiger partial charge on any atom is 0.269 e. The van der Waals surface area contributed by atoms with Crippen molar-refractivity contribution in [2.24, 2.45) is 17.3 Å². The van der Waals surface area contributed by atoms with Crippen molar-refractivity contribution < 1.29 is 14.4 Å². The van der Waals surface area contributed by atoms with Gasteiger partial charge in [-0.2, -0.15) is 0 Å². The van der Waals surface area contributed by atoms with Crippen LogP contribution in [0.4, 0.5) is 5.69 Å². The van der Waals surface area contributed by atoms with Crippen molar-refractivity contribution in [2.75, 3.05) is 18.0 Å². The number of carbonyl (C=O) groups excluding carboxylic acids is 3. The monoisotopic (exact) mass is 426 g/mol. The van der Waals surface area contributed by atoms with E-state index < -0.39 is 5.41 Å². The van der Waals surface area contributed by atoms with Crippen LogP contribution in [0.25, 0.3) is 0 Å². The standard InChI is InChI=1S/C24H34N4O3/c1-4-28(5-2)20-8-6-19(7-9-20)21(30)26-27-22(31)23-11-17-10-18(12-23)14-24(13-17,15-23)25-16(3)29/h6-9,17-18H,4-5,10-15H2,1-3H3,(H,25,29)(H,26,30)(H,27,31)/t17-,18-,23?,24?/m1/s1. The number of hydrogen-bond donors (Lipinski definition) is 3. The highest BCUT2D eigenvalue weighted by molar-refractivity contribution is 5.96. The number of benzene rings is 1. The fraction of sp³-hybridized carbons (Fsp3) is 0.625. The summed E-state index contributed by atoms with van der Waals surface area (Å²) < 4.78 is 0. The molecule has 5 rings (SSSR count). The molecule has 168 valence electrons. The summed E-state index contributed by atoms with van der Waals surface area (Å²) in [5.74, 6) is 0.452. The van der Waals surface area contributed by atoms with E-state index >= 15 is 0 Å². The van der Waals surface area contributed by atoms with Gasteiger partial charge in [0.25, 0.3) is 5.91 Å². The summed E-state index contributed by atoms with van der Waals surface area (Å²) >= 11 is 0. The van der Waals surface area contributed by atoms with Gasteiger partial charge in [0.1, 0.15) is 0 Å². The largest absolute Gasteiger partial charge is 0.372 e. The Hall–Kier alpha value is -2.57. The van der Waals surface area contributed by atoms with Gasteiger partial charge in [-0.3, -0.25) is 25.2 Å². The third kappa shape index (κ3) is 4.14.